The van der Waals surface area contributed by atoms with E-state index in [1.807, 2.05) is 36.5 Å². The molecule has 2 heterocycles. The molecular formula is C16H20N4O3. The second kappa shape index (κ2) is 7.15. The molecule has 1 atom stereocenters. The number of aromatic nitrogens is 2. The molecule has 2 N–H and O–H groups in total. The van der Waals surface area contributed by atoms with Crippen molar-refractivity contribution in [3.8, 4) is 11.4 Å². The average molecular weight is 316 g/mol. The Morgan fingerprint density at radius 1 is 1.39 bits per heavy atom. The first-order valence-electron chi connectivity index (χ1n) is 7.66. The van der Waals surface area contributed by atoms with Crippen molar-refractivity contribution in [2.75, 3.05) is 26.2 Å². The van der Waals surface area contributed by atoms with E-state index in [1.165, 1.54) is 4.90 Å². The van der Waals surface area contributed by atoms with E-state index in [1.54, 1.807) is 10.9 Å². The Kier molecular flexibility index (Phi) is 4.77. The van der Waals surface area contributed by atoms with Crippen LogP contribution in [0.25, 0.3) is 5.69 Å². The van der Waals surface area contributed by atoms with Gasteiger partial charge in [0.1, 0.15) is 5.75 Å². The molecule has 3 rings (SSSR count). The molecule has 23 heavy (non-hydrogen) atoms. The number of hydrogen-bond donors (Lipinski definition) is 2. The number of piperazine rings is 1. The summed E-state index contributed by atoms with van der Waals surface area (Å²) in [6, 6.07) is 9.75. The highest BCUT2D eigenvalue weighted by Crippen LogP contribution is 2.15. The SMILES string of the molecule is O=C(O)N1CCN[C@H](CCOc2ccc(-n3cccn3)cc2)C1. The maximum atomic E-state index is 11.0. The molecule has 0 aliphatic carbocycles. The number of carbonyl (C=O) groups is 1. The van der Waals surface area contributed by atoms with Gasteiger partial charge in [-0.15, -0.1) is 0 Å². The van der Waals surface area contributed by atoms with Gasteiger partial charge in [-0.05, 0) is 36.8 Å². The lowest BCUT2D eigenvalue weighted by molar-refractivity contribution is 0.124. The molecule has 0 unspecified atom stereocenters. The summed E-state index contributed by atoms with van der Waals surface area (Å²) >= 11 is 0. The van der Waals surface area contributed by atoms with Gasteiger partial charge < -0.3 is 20.1 Å². The highest BCUT2D eigenvalue weighted by molar-refractivity contribution is 5.65. The molecule has 2 aromatic rings. The van der Waals surface area contributed by atoms with Crippen molar-refractivity contribution in [1.82, 2.24) is 20.0 Å². The van der Waals surface area contributed by atoms with Crippen LogP contribution in [-0.2, 0) is 0 Å². The van der Waals surface area contributed by atoms with Crippen LogP contribution >= 0.6 is 0 Å². The zero-order chi connectivity index (χ0) is 16.1. The Hall–Kier alpha value is -2.54. The zero-order valence-corrected chi connectivity index (χ0v) is 12.8. The summed E-state index contributed by atoms with van der Waals surface area (Å²) in [4.78, 5) is 12.4. The smallest absolute Gasteiger partial charge is 0.407 e. The maximum Gasteiger partial charge on any atom is 0.407 e. The van der Waals surface area contributed by atoms with Gasteiger partial charge in [-0.2, -0.15) is 5.10 Å². The highest BCUT2D eigenvalue weighted by Gasteiger charge is 2.22. The Labute approximate surface area is 134 Å². The second-order valence-electron chi connectivity index (χ2n) is 5.46. The summed E-state index contributed by atoms with van der Waals surface area (Å²) in [5.74, 6) is 0.798. The van der Waals surface area contributed by atoms with Gasteiger partial charge >= 0.3 is 6.09 Å². The van der Waals surface area contributed by atoms with Crippen LogP contribution in [-0.4, -0.2) is 58.2 Å². The van der Waals surface area contributed by atoms with Gasteiger partial charge in [0.2, 0.25) is 0 Å². The van der Waals surface area contributed by atoms with Crippen LogP contribution in [0.2, 0.25) is 0 Å². The fourth-order valence-electron chi connectivity index (χ4n) is 2.63. The molecule has 1 saturated heterocycles. The molecule has 1 aromatic heterocycles. The van der Waals surface area contributed by atoms with E-state index in [4.69, 9.17) is 9.84 Å². The Morgan fingerprint density at radius 2 is 2.22 bits per heavy atom. The first kappa shape index (κ1) is 15.4. The lowest BCUT2D eigenvalue weighted by atomic mass is 10.1. The van der Waals surface area contributed by atoms with Crippen LogP contribution in [0.1, 0.15) is 6.42 Å². The molecule has 0 radical (unpaired) electrons. The number of nitrogens with one attached hydrogen (secondary N) is 1. The van der Waals surface area contributed by atoms with Crippen LogP contribution < -0.4 is 10.1 Å². The Balaban J connectivity index is 1.46. The number of benzene rings is 1. The van der Waals surface area contributed by atoms with Gasteiger partial charge in [-0.3, -0.25) is 0 Å². The van der Waals surface area contributed by atoms with Gasteiger partial charge in [0.05, 0.1) is 12.3 Å². The molecule has 7 heteroatoms. The molecule has 1 amide bonds. The van der Waals surface area contributed by atoms with Gasteiger partial charge in [0.15, 0.2) is 0 Å². The number of amides is 1. The maximum absolute atomic E-state index is 11.0. The Bertz CT molecular complexity index is 627. The van der Waals surface area contributed by atoms with Gasteiger partial charge in [0, 0.05) is 38.1 Å². The van der Waals surface area contributed by atoms with Crippen LogP contribution in [0.15, 0.2) is 42.7 Å². The molecule has 0 spiro atoms. The topological polar surface area (TPSA) is 79.6 Å². The number of ether oxygens (including phenoxy) is 1. The lowest BCUT2D eigenvalue weighted by Crippen LogP contribution is -2.52. The Morgan fingerprint density at radius 3 is 2.91 bits per heavy atom. The van der Waals surface area contributed by atoms with E-state index in [-0.39, 0.29) is 6.04 Å². The first-order valence-corrected chi connectivity index (χ1v) is 7.66. The highest BCUT2D eigenvalue weighted by atomic mass is 16.5. The summed E-state index contributed by atoms with van der Waals surface area (Å²) in [6.07, 6.45) is 3.54. The number of nitrogens with zero attached hydrogens (tertiary/aromatic N) is 3. The van der Waals surface area contributed by atoms with E-state index >= 15 is 0 Å². The van der Waals surface area contributed by atoms with Crippen molar-refractivity contribution in [2.24, 2.45) is 0 Å². The van der Waals surface area contributed by atoms with Gasteiger partial charge in [0.25, 0.3) is 0 Å². The second-order valence-corrected chi connectivity index (χ2v) is 5.46. The molecular weight excluding hydrogens is 296 g/mol. The van der Waals surface area contributed by atoms with Crippen LogP contribution in [0.4, 0.5) is 4.79 Å². The predicted octanol–water partition coefficient (Wildman–Crippen LogP) is 1.59. The van der Waals surface area contributed by atoms with Crippen molar-refractivity contribution in [3.63, 3.8) is 0 Å². The number of carboxylic acid groups (broad SMARTS) is 1. The summed E-state index contributed by atoms with van der Waals surface area (Å²) in [5.41, 5.74) is 0.980. The molecule has 1 aromatic carbocycles. The third kappa shape index (κ3) is 4.01. The van der Waals surface area contributed by atoms with Crippen LogP contribution in [0.5, 0.6) is 5.75 Å². The average Bonchev–Trinajstić information content (AvgIpc) is 3.10. The molecule has 0 saturated carbocycles. The largest absolute Gasteiger partial charge is 0.494 e. The van der Waals surface area contributed by atoms with Crippen LogP contribution in [0.3, 0.4) is 0 Å². The molecule has 122 valence electrons. The molecule has 0 bridgehead atoms. The van der Waals surface area contributed by atoms with E-state index < -0.39 is 6.09 Å². The summed E-state index contributed by atoms with van der Waals surface area (Å²) in [7, 11) is 0. The van der Waals surface area contributed by atoms with Crippen molar-refractivity contribution in [2.45, 2.75) is 12.5 Å². The quantitative estimate of drug-likeness (QED) is 0.876. The van der Waals surface area contributed by atoms with Crippen LogP contribution in [0, 0.1) is 0 Å². The minimum absolute atomic E-state index is 0.142. The minimum Gasteiger partial charge on any atom is -0.494 e. The van der Waals surface area contributed by atoms with Crippen molar-refractivity contribution < 1.29 is 14.6 Å². The van der Waals surface area contributed by atoms with E-state index in [0.717, 1.165) is 17.9 Å². The third-order valence-corrected chi connectivity index (χ3v) is 3.87. The lowest BCUT2D eigenvalue weighted by Gasteiger charge is -2.31. The number of rotatable bonds is 5. The summed E-state index contributed by atoms with van der Waals surface area (Å²) < 4.78 is 7.53. The minimum atomic E-state index is -0.855. The first-order chi connectivity index (χ1) is 11.2. The van der Waals surface area contributed by atoms with Gasteiger partial charge in [-0.1, -0.05) is 0 Å². The van der Waals surface area contributed by atoms with E-state index in [0.29, 0.717) is 26.2 Å². The van der Waals surface area contributed by atoms with Crippen molar-refractivity contribution in [1.29, 1.82) is 0 Å². The van der Waals surface area contributed by atoms with E-state index in [9.17, 15) is 4.79 Å². The molecule has 1 aliphatic rings. The fraction of sp³-hybridized carbons (Fsp3) is 0.375. The molecule has 1 fully saturated rings. The predicted molar refractivity (Wildman–Crippen MR) is 85.1 cm³/mol. The number of hydrogen-bond acceptors (Lipinski definition) is 4. The summed E-state index contributed by atoms with van der Waals surface area (Å²) in [6.45, 7) is 2.29. The summed E-state index contributed by atoms with van der Waals surface area (Å²) in [5, 5.41) is 16.5. The standard InChI is InChI=1S/C16H20N4O3/c21-16(22)19-10-8-17-13(12-19)6-11-23-15-4-2-14(3-5-15)20-9-1-7-18-20/h1-5,7,9,13,17H,6,8,10-12H2,(H,21,22)/t13-/m1/s1. The van der Waals surface area contributed by atoms with E-state index in [2.05, 4.69) is 10.4 Å². The third-order valence-electron chi connectivity index (χ3n) is 3.87. The van der Waals surface area contributed by atoms with Crippen molar-refractivity contribution >= 4 is 6.09 Å². The van der Waals surface area contributed by atoms with Crippen molar-refractivity contribution in [3.05, 3.63) is 42.7 Å². The fourth-order valence-corrected chi connectivity index (χ4v) is 2.63. The van der Waals surface area contributed by atoms with Gasteiger partial charge in [-0.25, -0.2) is 9.48 Å². The normalized spacial score (nSPS) is 17.9. The molecule has 7 nitrogen and oxygen atoms in total. The monoisotopic (exact) mass is 316 g/mol. The zero-order valence-electron chi connectivity index (χ0n) is 12.8. The molecule has 1 aliphatic heterocycles.